The highest BCUT2D eigenvalue weighted by Gasteiger charge is 2.12. The SMILES string of the molecule is CNCCCc1nnc(-c2c(C)cc(C)cc2C)s1. The van der Waals surface area contributed by atoms with E-state index in [1.165, 1.54) is 22.3 Å². The Morgan fingerprint density at radius 3 is 2.42 bits per heavy atom. The van der Waals surface area contributed by atoms with Gasteiger partial charge in [-0.3, -0.25) is 0 Å². The van der Waals surface area contributed by atoms with Gasteiger partial charge in [-0.05, 0) is 51.9 Å². The van der Waals surface area contributed by atoms with E-state index in [4.69, 9.17) is 0 Å². The average molecular weight is 275 g/mol. The molecule has 1 aromatic heterocycles. The summed E-state index contributed by atoms with van der Waals surface area (Å²) in [6, 6.07) is 4.43. The molecule has 1 aromatic carbocycles. The van der Waals surface area contributed by atoms with Gasteiger partial charge in [0.1, 0.15) is 10.0 Å². The highest BCUT2D eigenvalue weighted by Crippen LogP contribution is 2.30. The Labute approximate surface area is 119 Å². The van der Waals surface area contributed by atoms with Crippen LogP contribution in [0.2, 0.25) is 0 Å². The second kappa shape index (κ2) is 6.26. The Bertz CT molecular complexity index is 537. The summed E-state index contributed by atoms with van der Waals surface area (Å²) in [6.07, 6.45) is 2.11. The third kappa shape index (κ3) is 3.39. The summed E-state index contributed by atoms with van der Waals surface area (Å²) in [5.74, 6) is 0. The van der Waals surface area contributed by atoms with Crippen molar-refractivity contribution in [2.75, 3.05) is 13.6 Å². The summed E-state index contributed by atoms with van der Waals surface area (Å²) in [5, 5.41) is 14.0. The zero-order valence-corrected chi connectivity index (χ0v) is 12.9. The minimum Gasteiger partial charge on any atom is -0.320 e. The van der Waals surface area contributed by atoms with Crippen LogP contribution >= 0.6 is 11.3 Å². The largest absolute Gasteiger partial charge is 0.320 e. The maximum atomic E-state index is 4.36. The normalized spacial score (nSPS) is 10.9. The van der Waals surface area contributed by atoms with Gasteiger partial charge in [-0.1, -0.05) is 29.0 Å². The summed E-state index contributed by atoms with van der Waals surface area (Å²) >= 11 is 1.72. The number of aryl methyl sites for hydroxylation is 4. The molecule has 0 saturated heterocycles. The lowest BCUT2D eigenvalue weighted by Crippen LogP contribution is -2.08. The van der Waals surface area contributed by atoms with Crippen LogP contribution in [0.15, 0.2) is 12.1 Å². The van der Waals surface area contributed by atoms with Crippen molar-refractivity contribution in [3.05, 3.63) is 33.8 Å². The number of nitrogens with zero attached hydrogens (tertiary/aromatic N) is 2. The summed E-state index contributed by atoms with van der Waals surface area (Å²) < 4.78 is 0. The topological polar surface area (TPSA) is 37.8 Å². The molecule has 1 heterocycles. The minimum absolute atomic E-state index is 1.00. The van der Waals surface area contributed by atoms with Gasteiger partial charge in [0, 0.05) is 12.0 Å². The van der Waals surface area contributed by atoms with Crippen LogP contribution in [0.5, 0.6) is 0 Å². The number of benzene rings is 1. The van der Waals surface area contributed by atoms with E-state index >= 15 is 0 Å². The van der Waals surface area contributed by atoms with E-state index in [0.717, 1.165) is 29.4 Å². The summed E-state index contributed by atoms with van der Waals surface area (Å²) in [6.45, 7) is 7.46. The minimum atomic E-state index is 1.00. The van der Waals surface area contributed by atoms with Gasteiger partial charge < -0.3 is 5.32 Å². The highest BCUT2D eigenvalue weighted by molar-refractivity contribution is 7.14. The van der Waals surface area contributed by atoms with Crippen molar-refractivity contribution >= 4 is 11.3 Å². The Morgan fingerprint density at radius 1 is 1.11 bits per heavy atom. The lowest BCUT2D eigenvalue weighted by atomic mass is 10.0. The second-order valence-electron chi connectivity index (χ2n) is 4.98. The molecule has 3 nitrogen and oxygen atoms in total. The van der Waals surface area contributed by atoms with Crippen molar-refractivity contribution in [3.8, 4) is 10.6 Å². The smallest absolute Gasteiger partial charge is 0.148 e. The monoisotopic (exact) mass is 275 g/mol. The van der Waals surface area contributed by atoms with E-state index in [0.29, 0.717) is 0 Å². The van der Waals surface area contributed by atoms with Gasteiger partial charge >= 0.3 is 0 Å². The van der Waals surface area contributed by atoms with Crippen LogP contribution in [0.1, 0.15) is 28.1 Å². The molecule has 0 spiro atoms. The van der Waals surface area contributed by atoms with Gasteiger partial charge in [0.25, 0.3) is 0 Å². The fraction of sp³-hybridized carbons (Fsp3) is 0.467. The number of hydrogen-bond donors (Lipinski definition) is 1. The molecule has 0 aliphatic carbocycles. The Hall–Kier alpha value is -1.26. The number of hydrogen-bond acceptors (Lipinski definition) is 4. The van der Waals surface area contributed by atoms with Crippen LogP contribution < -0.4 is 5.32 Å². The summed E-state index contributed by atoms with van der Waals surface area (Å²) in [5.41, 5.74) is 5.13. The summed E-state index contributed by atoms with van der Waals surface area (Å²) in [4.78, 5) is 0. The molecular formula is C15H21N3S. The van der Waals surface area contributed by atoms with E-state index in [1.54, 1.807) is 11.3 Å². The van der Waals surface area contributed by atoms with Crippen molar-refractivity contribution in [1.82, 2.24) is 15.5 Å². The van der Waals surface area contributed by atoms with Gasteiger partial charge in [0.2, 0.25) is 0 Å². The van der Waals surface area contributed by atoms with Gasteiger partial charge in [-0.15, -0.1) is 10.2 Å². The molecule has 0 bridgehead atoms. The molecule has 0 unspecified atom stereocenters. The first-order valence-corrected chi connectivity index (χ1v) is 7.48. The molecule has 0 fully saturated rings. The maximum absolute atomic E-state index is 4.36. The van der Waals surface area contributed by atoms with E-state index in [1.807, 2.05) is 7.05 Å². The van der Waals surface area contributed by atoms with Crippen molar-refractivity contribution in [3.63, 3.8) is 0 Å². The fourth-order valence-corrected chi connectivity index (χ4v) is 3.45. The fourth-order valence-electron chi connectivity index (χ4n) is 2.39. The van der Waals surface area contributed by atoms with Gasteiger partial charge in [-0.2, -0.15) is 0 Å². The van der Waals surface area contributed by atoms with Crippen LogP contribution in [0.25, 0.3) is 10.6 Å². The first kappa shape index (κ1) is 14.2. The van der Waals surface area contributed by atoms with Crippen LogP contribution in [0.4, 0.5) is 0 Å². The zero-order valence-electron chi connectivity index (χ0n) is 12.1. The third-order valence-corrected chi connectivity index (χ3v) is 4.18. The molecule has 0 atom stereocenters. The molecule has 0 aliphatic heterocycles. The average Bonchev–Trinajstić information content (AvgIpc) is 2.76. The third-order valence-electron chi connectivity index (χ3n) is 3.18. The molecule has 102 valence electrons. The molecule has 0 radical (unpaired) electrons. The predicted molar refractivity (Wildman–Crippen MR) is 81.8 cm³/mol. The first-order chi connectivity index (χ1) is 9.11. The standard InChI is InChI=1S/C15H21N3S/c1-10-8-11(2)14(12(3)9-10)15-18-17-13(19-15)6-5-7-16-4/h8-9,16H,5-7H2,1-4H3. The first-order valence-electron chi connectivity index (χ1n) is 6.67. The molecule has 0 amide bonds. The molecular weight excluding hydrogens is 254 g/mol. The van der Waals surface area contributed by atoms with Crippen LogP contribution in [-0.4, -0.2) is 23.8 Å². The Balaban J connectivity index is 2.23. The van der Waals surface area contributed by atoms with Crippen LogP contribution in [0, 0.1) is 20.8 Å². The molecule has 0 aliphatic rings. The molecule has 2 aromatic rings. The van der Waals surface area contributed by atoms with E-state index in [2.05, 4.69) is 48.4 Å². The molecule has 4 heteroatoms. The van der Waals surface area contributed by atoms with Gasteiger partial charge in [0.05, 0.1) is 0 Å². The number of rotatable bonds is 5. The predicted octanol–water partition coefficient (Wildman–Crippen LogP) is 3.28. The maximum Gasteiger partial charge on any atom is 0.148 e. The number of aromatic nitrogens is 2. The van der Waals surface area contributed by atoms with Gasteiger partial charge in [-0.25, -0.2) is 0 Å². The van der Waals surface area contributed by atoms with E-state index in [-0.39, 0.29) is 0 Å². The van der Waals surface area contributed by atoms with Crippen molar-refractivity contribution in [2.24, 2.45) is 0 Å². The van der Waals surface area contributed by atoms with Crippen molar-refractivity contribution < 1.29 is 0 Å². The van der Waals surface area contributed by atoms with Crippen LogP contribution in [0.3, 0.4) is 0 Å². The quantitative estimate of drug-likeness (QED) is 0.851. The summed E-state index contributed by atoms with van der Waals surface area (Å²) in [7, 11) is 1.98. The zero-order chi connectivity index (χ0) is 13.8. The van der Waals surface area contributed by atoms with Gasteiger partial charge in [0.15, 0.2) is 0 Å². The number of nitrogens with one attached hydrogen (secondary N) is 1. The Morgan fingerprint density at radius 2 is 1.79 bits per heavy atom. The van der Waals surface area contributed by atoms with Crippen molar-refractivity contribution in [1.29, 1.82) is 0 Å². The molecule has 1 N–H and O–H groups in total. The lowest BCUT2D eigenvalue weighted by molar-refractivity contribution is 0.718. The Kier molecular flexibility index (Phi) is 4.66. The van der Waals surface area contributed by atoms with E-state index in [9.17, 15) is 0 Å². The highest BCUT2D eigenvalue weighted by atomic mass is 32.1. The lowest BCUT2D eigenvalue weighted by Gasteiger charge is -2.07. The second-order valence-corrected chi connectivity index (χ2v) is 6.04. The van der Waals surface area contributed by atoms with Crippen molar-refractivity contribution in [2.45, 2.75) is 33.6 Å². The molecule has 2 rings (SSSR count). The van der Waals surface area contributed by atoms with E-state index < -0.39 is 0 Å². The molecule has 0 saturated carbocycles. The molecule has 19 heavy (non-hydrogen) atoms. The van der Waals surface area contributed by atoms with Crippen LogP contribution in [-0.2, 0) is 6.42 Å².